The Kier molecular flexibility index (Phi) is 7.94. The number of amides is 2. The topological polar surface area (TPSA) is 118 Å². The third kappa shape index (κ3) is 5.39. The fourth-order valence-electron chi connectivity index (χ4n) is 4.09. The summed E-state index contributed by atoms with van der Waals surface area (Å²) >= 11 is 0. The van der Waals surface area contributed by atoms with Gasteiger partial charge in [-0.15, -0.1) is 6.42 Å². The molecule has 1 unspecified atom stereocenters. The van der Waals surface area contributed by atoms with Gasteiger partial charge in [-0.05, 0) is 17.9 Å². The Hall–Kier alpha value is -3.38. The minimum atomic E-state index is -0.813. The fourth-order valence-corrected chi connectivity index (χ4v) is 4.09. The van der Waals surface area contributed by atoms with Crippen LogP contribution in [0.1, 0.15) is 68.7 Å². The number of nitrogens with one attached hydrogen (secondary N) is 1. The lowest BCUT2D eigenvalue weighted by Gasteiger charge is -2.28. The Morgan fingerprint density at radius 1 is 1.35 bits per heavy atom. The molecule has 182 valence electrons. The number of ether oxygens (including phenoxy) is 1. The standard InChI is InChI=1S/C25H32N4O5/c1-7-16-8-21(33-6)19(26-11-16)12-27-24(31)20-9-17(30)13-29(20)25(32)23(15(4)5)22-10-18(14(2)3)28-34-22/h1,8,10-11,14-15,17,20,23,30H,9,12-13H2,2-6H3,(H,27,31)/t17-,20+,23?/m1/s1. The molecule has 2 aromatic heterocycles. The second-order valence-corrected chi connectivity index (χ2v) is 9.16. The second kappa shape index (κ2) is 10.7. The largest absolute Gasteiger partial charge is 0.495 e. The zero-order valence-corrected chi connectivity index (χ0v) is 20.2. The van der Waals surface area contributed by atoms with Crippen LogP contribution in [0.4, 0.5) is 0 Å². The predicted molar refractivity (Wildman–Crippen MR) is 125 cm³/mol. The van der Waals surface area contributed by atoms with Crippen molar-refractivity contribution in [2.24, 2.45) is 5.92 Å². The van der Waals surface area contributed by atoms with Crippen molar-refractivity contribution in [1.29, 1.82) is 0 Å². The monoisotopic (exact) mass is 468 g/mol. The molecule has 3 heterocycles. The van der Waals surface area contributed by atoms with Gasteiger partial charge in [0.25, 0.3) is 0 Å². The highest BCUT2D eigenvalue weighted by Gasteiger charge is 2.43. The molecule has 0 saturated carbocycles. The predicted octanol–water partition coefficient (Wildman–Crippen LogP) is 2.20. The van der Waals surface area contributed by atoms with Gasteiger partial charge in [-0.1, -0.05) is 38.8 Å². The lowest BCUT2D eigenvalue weighted by Crippen LogP contribution is -2.48. The first kappa shape index (κ1) is 25.2. The molecular weight excluding hydrogens is 436 g/mol. The number of rotatable bonds is 8. The van der Waals surface area contributed by atoms with Crippen molar-refractivity contribution < 1.29 is 24.0 Å². The molecule has 0 radical (unpaired) electrons. The van der Waals surface area contributed by atoms with Crippen molar-refractivity contribution in [3.63, 3.8) is 0 Å². The Bertz CT molecular complexity index is 1070. The van der Waals surface area contributed by atoms with Crippen LogP contribution in [-0.2, 0) is 16.1 Å². The van der Waals surface area contributed by atoms with Crippen LogP contribution < -0.4 is 10.1 Å². The molecule has 3 rings (SSSR count). The number of nitrogens with zero attached hydrogens (tertiary/aromatic N) is 3. The Morgan fingerprint density at radius 2 is 2.09 bits per heavy atom. The number of aliphatic hydroxyl groups is 1. The molecule has 2 amide bonds. The first-order valence-electron chi connectivity index (χ1n) is 11.4. The summed E-state index contributed by atoms with van der Waals surface area (Å²) in [6.07, 6.45) is 6.28. The fraction of sp³-hybridized carbons (Fsp3) is 0.520. The first-order chi connectivity index (χ1) is 16.2. The zero-order chi connectivity index (χ0) is 25.0. The van der Waals surface area contributed by atoms with Crippen LogP contribution >= 0.6 is 0 Å². The van der Waals surface area contributed by atoms with E-state index in [1.807, 2.05) is 27.7 Å². The molecule has 1 aliphatic rings. The van der Waals surface area contributed by atoms with E-state index >= 15 is 0 Å². The van der Waals surface area contributed by atoms with E-state index in [1.54, 1.807) is 12.1 Å². The van der Waals surface area contributed by atoms with Crippen LogP contribution in [0.3, 0.4) is 0 Å². The average Bonchev–Trinajstić information content (AvgIpc) is 3.44. The molecule has 2 aromatic rings. The van der Waals surface area contributed by atoms with E-state index in [0.29, 0.717) is 22.8 Å². The molecule has 2 N–H and O–H groups in total. The number of likely N-dealkylation sites (tertiary alicyclic amines) is 1. The van der Waals surface area contributed by atoms with Crippen molar-refractivity contribution >= 4 is 11.8 Å². The summed E-state index contributed by atoms with van der Waals surface area (Å²) in [6, 6.07) is 2.65. The number of hydrogen-bond acceptors (Lipinski definition) is 7. The van der Waals surface area contributed by atoms with E-state index in [1.165, 1.54) is 18.2 Å². The van der Waals surface area contributed by atoms with Crippen LogP contribution in [0, 0.1) is 18.3 Å². The van der Waals surface area contributed by atoms with Gasteiger partial charge in [-0.3, -0.25) is 14.6 Å². The molecule has 9 heteroatoms. The summed E-state index contributed by atoms with van der Waals surface area (Å²) < 4.78 is 10.8. The molecule has 0 spiro atoms. The normalized spacial score (nSPS) is 18.7. The Labute approximate surface area is 199 Å². The van der Waals surface area contributed by atoms with Gasteiger partial charge in [0.15, 0.2) is 0 Å². The minimum Gasteiger partial charge on any atom is -0.495 e. The summed E-state index contributed by atoms with van der Waals surface area (Å²) in [6.45, 7) is 7.99. The number of β-amino-alcohol motifs (C(OH)–C–C–N with tert-alkyl or cyclic N) is 1. The number of carbonyl (C=O) groups is 2. The number of aliphatic hydroxyl groups excluding tert-OH is 1. The van der Waals surface area contributed by atoms with E-state index in [2.05, 4.69) is 21.4 Å². The van der Waals surface area contributed by atoms with E-state index in [4.69, 9.17) is 15.7 Å². The van der Waals surface area contributed by atoms with Crippen LogP contribution in [-0.4, -0.2) is 57.8 Å². The third-order valence-corrected chi connectivity index (χ3v) is 5.99. The minimum absolute atomic E-state index is 0.0732. The SMILES string of the molecule is C#Cc1cnc(CNC(=O)[C@@H]2C[C@@H](O)CN2C(=O)C(c2cc(C(C)C)no2)C(C)C)c(OC)c1. The van der Waals surface area contributed by atoms with E-state index in [9.17, 15) is 14.7 Å². The number of methoxy groups -OCH3 is 1. The number of pyridine rings is 1. The van der Waals surface area contributed by atoms with E-state index in [-0.39, 0.29) is 43.2 Å². The summed E-state index contributed by atoms with van der Waals surface area (Å²) in [4.78, 5) is 32.3. The van der Waals surface area contributed by atoms with Crippen molar-refractivity contribution in [1.82, 2.24) is 20.4 Å². The van der Waals surface area contributed by atoms with Crippen molar-refractivity contribution in [2.45, 2.75) is 64.6 Å². The van der Waals surface area contributed by atoms with Gasteiger partial charge in [-0.25, -0.2) is 0 Å². The van der Waals surface area contributed by atoms with Gasteiger partial charge < -0.3 is 24.6 Å². The van der Waals surface area contributed by atoms with Crippen LogP contribution in [0.2, 0.25) is 0 Å². The maximum Gasteiger partial charge on any atom is 0.243 e. The van der Waals surface area contributed by atoms with E-state index in [0.717, 1.165) is 5.69 Å². The van der Waals surface area contributed by atoms with Gasteiger partial charge in [0.2, 0.25) is 11.8 Å². The zero-order valence-electron chi connectivity index (χ0n) is 20.2. The molecule has 3 atom stereocenters. The maximum absolute atomic E-state index is 13.6. The molecular formula is C25H32N4O5. The van der Waals surface area contributed by atoms with Crippen molar-refractivity contribution in [3.05, 3.63) is 41.0 Å². The smallest absolute Gasteiger partial charge is 0.243 e. The number of terminal acetylenes is 1. The number of carbonyl (C=O) groups excluding carboxylic acids is 2. The lowest BCUT2D eigenvalue weighted by atomic mass is 9.90. The van der Waals surface area contributed by atoms with E-state index < -0.39 is 18.1 Å². The molecule has 34 heavy (non-hydrogen) atoms. The molecule has 1 saturated heterocycles. The van der Waals surface area contributed by atoms with Crippen molar-refractivity contribution in [2.75, 3.05) is 13.7 Å². The molecule has 9 nitrogen and oxygen atoms in total. The van der Waals surface area contributed by atoms with Gasteiger partial charge in [0, 0.05) is 30.8 Å². The summed E-state index contributed by atoms with van der Waals surface area (Å²) in [5.41, 5.74) is 1.84. The second-order valence-electron chi connectivity index (χ2n) is 9.16. The van der Waals surface area contributed by atoms with Gasteiger partial charge in [-0.2, -0.15) is 0 Å². The third-order valence-electron chi connectivity index (χ3n) is 5.99. The summed E-state index contributed by atoms with van der Waals surface area (Å²) in [5.74, 6) is 2.22. The highest BCUT2D eigenvalue weighted by atomic mass is 16.5. The van der Waals surface area contributed by atoms with Crippen LogP contribution in [0.15, 0.2) is 22.9 Å². The number of aromatic nitrogens is 2. The lowest BCUT2D eigenvalue weighted by molar-refractivity contribution is -0.141. The van der Waals surface area contributed by atoms with Crippen LogP contribution in [0.25, 0.3) is 0 Å². The summed E-state index contributed by atoms with van der Waals surface area (Å²) in [7, 11) is 1.50. The highest BCUT2D eigenvalue weighted by Crippen LogP contribution is 2.32. The molecule has 1 fully saturated rings. The molecule has 0 aromatic carbocycles. The molecule has 1 aliphatic heterocycles. The number of hydrogen-bond donors (Lipinski definition) is 2. The molecule has 0 bridgehead atoms. The van der Waals surface area contributed by atoms with Gasteiger partial charge in [0.05, 0.1) is 25.5 Å². The first-order valence-corrected chi connectivity index (χ1v) is 11.4. The Morgan fingerprint density at radius 3 is 2.68 bits per heavy atom. The Balaban J connectivity index is 1.77. The van der Waals surface area contributed by atoms with Gasteiger partial charge >= 0.3 is 0 Å². The quantitative estimate of drug-likeness (QED) is 0.570. The maximum atomic E-state index is 13.6. The van der Waals surface area contributed by atoms with Gasteiger partial charge in [0.1, 0.15) is 29.2 Å². The highest BCUT2D eigenvalue weighted by molar-refractivity contribution is 5.91. The van der Waals surface area contributed by atoms with Crippen LogP contribution in [0.5, 0.6) is 5.75 Å². The summed E-state index contributed by atoms with van der Waals surface area (Å²) in [5, 5.41) is 17.2. The average molecular weight is 469 g/mol. The van der Waals surface area contributed by atoms with Crippen molar-refractivity contribution in [3.8, 4) is 18.1 Å². The molecule has 0 aliphatic carbocycles.